The first-order valence-corrected chi connectivity index (χ1v) is 10.8. The molecule has 158 valence electrons. The van der Waals surface area contributed by atoms with Crippen molar-refractivity contribution < 1.29 is 19.2 Å². The number of nitrogens with one attached hydrogen (secondary N) is 3. The molecule has 30 heavy (non-hydrogen) atoms. The summed E-state index contributed by atoms with van der Waals surface area (Å²) in [6.07, 6.45) is 6.12. The summed E-state index contributed by atoms with van der Waals surface area (Å²) in [5.41, 5.74) is 1.92. The van der Waals surface area contributed by atoms with E-state index >= 15 is 0 Å². The highest BCUT2D eigenvalue weighted by Crippen LogP contribution is 2.41. The van der Waals surface area contributed by atoms with Crippen molar-refractivity contribution in [2.45, 2.75) is 57.0 Å². The number of carbonyl (C=O) groups excluding carboxylic acids is 4. The largest absolute Gasteiger partial charge is 0.382 e. The minimum atomic E-state index is -0.930. The summed E-state index contributed by atoms with van der Waals surface area (Å²) in [6, 6.07) is 4.64. The maximum atomic E-state index is 13.0. The van der Waals surface area contributed by atoms with Gasteiger partial charge < -0.3 is 10.6 Å². The Bertz CT molecular complexity index is 927. The van der Waals surface area contributed by atoms with Crippen molar-refractivity contribution in [3.8, 4) is 0 Å². The fraction of sp³-hybridized carbons (Fsp3) is 0.545. The first kappa shape index (κ1) is 19.2. The zero-order chi connectivity index (χ0) is 20.9. The molecule has 5 rings (SSSR count). The van der Waals surface area contributed by atoms with E-state index in [1.807, 2.05) is 6.07 Å². The standard InChI is InChI=1S/C22H26N4O4/c27-18-4-3-17(19(28)25-18)26-20(29)15-2-1-14(11-16(15)21(26)30)24-13-5-7-22(8-6-13)9-10-23-12-22/h1-2,11,13,17,23-24H,3-10,12H2,(H,25,27,28). The Balaban J connectivity index is 1.29. The van der Waals surface area contributed by atoms with E-state index in [2.05, 4.69) is 16.0 Å². The number of hydrogen-bond acceptors (Lipinski definition) is 6. The number of nitrogens with zero attached hydrogens (tertiary/aromatic N) is 1. The fourth-order valence-electron chi connectivity index (χ4n) is 5.39. The summed E-state index contributed by atoms with van der Waals surface area (Å²) in [5.74, 6) is -1.89. The van der Waals surface area contributed by atoms with Gasteiger partial charge in [-0.25, -0.2) is 0 Å². The third-order valence-electron chi connectivity index (χ3n) is 7.19. The number of piperidine rings is 1. The molecule has 1 unspecified atom stereocenters. The third-order valence-corrected chi connectivity index (χ3v) is 7.19. The van der Waals surface area contributed by atoms with Crippen molar-refractivity contribution in [1.29, 1.82) is 0 Å². The molecule has 1 atom stereocenters. The quantitative estimate of drug-likeness (QED) is 0.651. The number of hydrogen-bond donors (Lipinski definition) is 3. The van der Waals surface area contributed by atoms with Gasteiger partial charge in [-0.15, -0.1) is 0 Å². The van der Waals surface area contributed by atoms with Crippen LogP contribution < -0.4 is 16.0 Å². The van der Waals surface area contributed by atoms with Crippen molar-refractivity contribution in [1.82, 2.24) is 15.5 Å². The zero-order valence-electron chi connectivity index (χ0n) is 16.8. The van der Waals surface area contributed by atoms with Crippen LogP contribution in [0.5, 0.6) is 0 Å². The summed E-state index contributed by atoms with van der Waals surface area (Å²) < 4.78 is 0. The fourth-order valence-corrected chi connectivity index (χ4v) is 5.39. The Morgan fingerprint density at radius 3 is 2.43 bits per heavy atom. The molecular weight excluding hydrogens is 384 g/mol. The molecule has 0 bridgehead atoms. The molecule has 3 heterocycles. The van der Waals surface area contributed by atoms with Gasteiger partial charge in [0.15, 0.2) is 0 Å². The van der Waals surface area contributed by atoms with Crippen LogP contribution in [0.15, 0.2) is 18.2 Å². The topological polar surface area (TPSA) is 108 Å². The average Bonchev–Trinajstić information content (AvgIpc) is 3.28. The Labute approximate surface area is 174 Å². The smallest absolute Gasteiger partial charge is 0.262 e. The Hall–Kier alpha value is -2.74. The predicted octanol–water partition coefficient (Wildman–Crippen LogP) is 1.42. The van der Waals surface area contributed by atoms with E-state index in [0.717, 1.165) is 36.5 Å². The summed E-state index contributed by atoms with van der Waals surface area (Å²) in [7, 11) is 0. The average molecular weight is 410 g/mol. The lowest BCUT2D eigenvalue weighted by Crippen LogP contribution is -2.54. The van der Waals surface area contributed by atoms with Crippen LogP contribution in [-0.4, -0.2) is 53.7 Å². The molecule has 1 aromatic rings. The van der Waals surface area contributed by atoms with Crippen LogP contribution in [-0.2, 0) is 9.59 Å². The van der Waals surface area contributed by atoms with Crippen molar-refractivity contribution in [3.63, 3.8) is 0 Å². The predicted molar refractivity (Wildman–Crippen MR) is 109 cm³/mol. The summed E-state index contributed by atoms with van der Waals surface area (Å²) >= 11 is 0. The van der Waals surface area contributed by atoms with Crippen LogP contribution in [0.25, 0.3) is 0 Å². The summed E-state index contributed by atoms with van der Waals surface area (Å²) in [4.78, 5) is 50.3. The highest BCUT2D eigenvalue weighted by atomic mass is 16.2. The molecule has 8 heteroatoms. The van der Waals surface area contributed by atoms with E-state index in [-0.39, 0.29) is 18.7 Å². The number of benzene rings is 1. The third kappa shape index (κ3) is 3.19. The normalized spacial score (nSPS) is 31.3. The number of amides is 4. The highest BCUT2D eigenvalue weighted by Gasteiger charge is 2.44. The molecule has 1 saturated carbocycles. The van der Waals surface area contributed by atoms with Gasteiger partial charge in [0.25, 0.3) is 11.8 Å². The molecule has 0 aromatic heterocycles. The van der Waals surface area contributed by atoms with Crippen LogP contribution >= 0.6 is 0 Å². The zero-order valence-corrected chi connectivity index (χ0v) is 16.8. The van der Waals surface area contributed by atoms with Gasteiger partial charge in [0.05, 0.1) is 11.1 Å². The number of rotatable bonds is 3. The molecule has 1 aliphatic carbocycles. The van der Waals surface area contributed by atoms with E-state index in [0.29, 0.717) is 22.6 Å². The van der Waals surface area contributed by atoms with Crippen molar-refractivity contribution in [3.05, 3.63) is 29.3 Å². The van der Waals surface area contributed by atoms with Crippen LogP contribution in [0.2, 0.25) is 0 Å². The van der Waals surface area contributed by atoms with Gasteiger partial charge in [0, 0.05) is 24.7 Å². The minimum absolute atomic E-state index is 0.120. The Kier molecular flexibility index (Phi) is 4.61. The van der Waals surface area contributed by atoms with Crippen LogP contribution in [0.4, 0.5) is 5.69 Å². The second-order valence-corrected chi connectivity index (χ2v) is 9.05. The van der Waals surface area contributed by atoms with E-state index < -0.39 is 23.8 Å². The lowest BCUT2D eigenvalue weighted by atomic mass is 9.72. The van der Waals surface area contributed by atoms with E-state index in [4.69, 9.17) is 0 Å². The van der Waals surface area contributed by atoms with Gasteiger partial charge in [-0.05, 0) is 68.7 Å². The molecule has 8 nitrogen and oxygen atoms in total. The maximum Gasteiger partial charge on any atom is 0.262 e. The number of imide groups is 2. The maximum absolute atomic E-state index is 13.0. The van der Waals surface area contributed by atoms with Gasteiger partial charge in [-0.3, -0.25) is 29.4 Å². The number of anilines is 1. The number of carbonyl (C=O) groups is 4. The van der Waals surface area contributed by atoms with Gasteiger partial charge in [-0.2, -0.15) is 0 Å². The van der Waals surface area contributed by atoms with E-state index in [1.54, 1.807) is 12.1 Å². The molecule has 4 aliphatic rings. The lowest BCUT2D eigenvalue weighted by Gasteiger charge is -2.37. The van der Waals surface area contributed by atoms with Crippen LogP contribution in [0, 0.1) is 5.41 Å². The summed E-state index contributed by atoms with van der Waals surface area (Å²) in [5, 5.41) is 9.23. The Morgan fingerprint density at radius 1 is 0.967 bits per heavy atom. The highest BCUT2D eigenvalue weighted by molar-refractivity contribution is 6.23. The summed E-state index contributed by atoms with van der Waals surface area (Å²) in [6.45, 7) is 2.23. The molecule has 1 spiro atoms. The van der Waals surface area contributed by atoms with Crippen LogP contribution in [0.1, 0.15) is 65.7 Å². The molecule has 0 radical (unpaired) electrons. The van der Waals surface area contributed by atoms with Gasteiger partial charge in [0.2, 0.25) is 11.8 Å². The molecule has 3 N–H and O–H groups in total. The van der Waals surface area contributed by atoms with Crippen molar-refractivity contribution >= 4 is 29.3 Å². The van der Waals surface area contributed by atoms with Gasteiger partial charge >= 0.3 is 0 Å². The number of fused-ring (bicyclic) bond motifs is 1. The molecule has 1 aromatic carbocycles. The Morgan fingerprint density at radius 2 is 1.73 bits per heavy atom. The second kappa shape index (κ2) is 7.19. The van der Waals surface area contributed by atoms with Crippen molar-refractivity contribution in [2.75, 3.05) is 18.4 Å². The first-order valence-electron chi connectivity index (χ1n) is 10.8. The minimum Gasteiger partial charge on any atom is -0.382 e. The molecule has 3 aliphatic heterocycles. The van der Waals surface area contributed by atoms with E-state index in [9.17, 15) is 19.2 Å². The lowest BCUT2D eigenvalue weighted by molar-refractivity contribution is -0.136. The second-order valence-electron chi connectivity index (χ2n) is 9.05. The SMILES string of the molecule is O=C1CCC(N2C(=O)c3ccc(NC4CCC5(CCNC5)CC4)cc3C2=O)C(=O)N1. The molecular formula is C22H26N4O4. The molecule has 4 amide bonds. The van der Waals surface area contributed by atoms with Crippen LogP contribution in [0.3, 0.4) is 0 Å². The van der Waals surface area contributed by atoms with E-state index in [1.165, 1.54) is 19.3 Å². The van der Waals surface area contributed by atoms with Gasteiger partial charge in [-0.1, -0.05) is 0 Å². The molecule has 2 saturated heterocycles. The monoisotopic (exact) mass is 410 g/mol. The van der Waals surface area contributed by atoms with Gasteiger partial charge in [0.1, 0.15) is 6.04 Å². The first-order chi connectivity index (χ1) is 14.5. The van der Waals surface area contributed by atoms with Crippen molar-refractivity contribution in [2.24, 2.45) is 5.41 Å². The molecule has 3 fully saturated rings.